The quantitative estimate of drug-likeness (QED) is 0.100. The summed E-state index contributed by atoms with van der Waals surface area (Å²) in [7, 11) is 1.63. The van der Waals surface area contributed by atoms with E-state index in [1.54, 1.807) is 9.39 Å². The number of anilines is 2. The van der Waals surface area contributed by atoms with Crippen LogP contribution in [0.25, 0.3) is 39.2 Å². The zero-order chi connectivity index (χ0) is 31.7. The van der Waals surface area contributed by atoms with Gasteiger partial charge in [0.15, 0.2) is 5.69 Å². The third kappa shape index (κ3) is 5.08. The van der Waals surface area contributed by atoms with E-state index < -0.39 is 0 Å². The first-order chi connectivity index (χ1) is 23.2. The molecule has 47 heavy (non-hydrogen) atoms. The van der Waals surface area contributed by atoms with E-state index in [9.17, 15) is 0 Å². The number of quaternary nitrogens is 1. The second-order valence-electron chi connectivity index (χ2n) is 11.4. The van der Waals surface area contributed by atoms with Crippen molar-refractivity contribution in [1.82, 2.24) is 9.55 Å². The zero-order valence-electron chi connectivity index (χ0n) is 26.0. The van der Waals surface area contributed by atoms with Crippen LogP contribution in [0.5, 0.6) is 5.75 Å². The minimum absolute atomic E-state index is 0.572. The van der Waals surface area contributed by atoms with Crippen LogP contribution in [-0.4, -0.2) is 21.9 Å². The van der Waals surface area contributed by atoms with Crippen molar-refractivity contribution in [3.8, 4) is 34.0 Å². The van der Waals surface area contributed by atoms with Gasteiger partial charge in [0.2, 0.25) is 0 Å². The van der Waals surface area contributed by atoms with E-state index in [0.29, 0.717) is 6.61 Å². The normalized spacial score (nSPS) is 12.2. The number of nitrogens with one attached hydrogen (secondary N) is 1. The van der Waals surface area contributed by atoms with Gasteiger partial charge in [0.05, 0.1) is 38.3 Å². The van der Waals surface area contributed by atoms with Gasteiger partial charge in [-0.25, -0.2) is 4.98 Å². The summed E-state index contributed by atoms with van der Waals surface area (Å²) < 4.78 is 13.2. The molecule has 228 valence electrons. The summed E-state index contributed by atoms with van der Waals surface area (Å²) in [5.41, 5.74) is 13.7. The summed E-state index contributed by atoms with van der Waals surface area (Å²) in [5.74, 6) is 1.63. The number of nitrogens with two attached hydrogens (primary N) is 1. The summed E-state index contributed by atoms with van der Waals surface area (Å²) in [5, 5.41) is 6.05. The van der Waals surface area contributed by atoms with E-state index >= 15 is 0 Å². The van der Waals surface area contributed by atoms with E-state index in [0.717, 1.165) is 62.1 Å². The molecule has 0 radical (unpaired) electrons. The highest BCUT2D eigenvalue weighted by molar-refractivity contribution is 7.15. The predicted molar refractivity (Wildman–Crippen MR) is 197 cm³/mol. The average Bonchev–Trinajstić information content (AvgIpc) is 3.70. The molecule has 3 N–H and O–H groups in total. The average molecular weight is 632 g/mol. The van der Waals surface area contributed by atoms with Gasteiger partial charge < -0.3 is 10.1 Å². The summed E-state index contributed by atoms with van der Waals surface area (Å²) in [4.78, 5) is 5.31. The van der Waals surface area contributed by atoms with Crippen molar-refractivity contribution < 1.29 is 10.1 Å². The number of benzene rings is 6. The third-order valence-corrected chi connectivity index (χ3v) is 8.97. The van der Waals surface area contributed by atoms with Crippen LogP contribution >= 0.6 is 9.39 Å². The molecule has 7 aromatic rings. The second kappa shape index (κ2) is 12.3. The molecule has 1 aromatic heterocycles. The van der Waals surface area contributed by atoms with Crippen LogP contribution in [0, 0.1) is 0 Å². The second-order valence-corrected chi connectivity index (χ2v) is 11.7. The molecule has 7 heteroatoms. The van der Waals surface area contributed by atoms with Crippen LogP contribution in [0.3, 0.4) is 0 Å². The molecule has 0 fully saturated rings. The number of imidazole rings is 1. The summed E-state index contributed by atoms with van der Waals surface area (Å²) in [6.45, 7) is 2.58. The highest BCUT2D eigenvalue weighted by Gasteiger charge is 2.29. The Morgan fingerprint density at radius 3 is 2.26 bits per heavy atom. The van der Waals surface area contributed by atoms with Gasteiger partial charge in [0, 0.05) is 34.1 Å². The molecule has 2 heterocycles. The minimum Gasteiger partial charge on any atom is -0.493 e. The molecular formula is C40H34N5OP+2. The number of ether oxygens (including phenoxy) is 1. The van der Waals surface area contributed by atoms with E-state index in [4.69, 9.17) is 14.5 Å². The first-order valence-corrected chi connectivity index (χ1v) is 16.4. The van der Waals surface area contributed by atoms with Crippen molar-refractivity contribution in [2.75, 3.05) is 11.9 Å². The van der Waals surface area contributed by atoms with Crippen LogP contribution in [-0.2, 0) is 0 Å². The van der Waals surface area contributed by atoms with Crippen molar-refractivity contribution in [2.45, 2.75) is 6.92 Å². The maximum atomic E-state index is 6.07. The van der Waals surface area contributed by atoms with E-state index in [1.165, 1.54) is 22.5 Å². The van der Waals surface area contributed by atoms with Gasteiger partial charge in [-0.05, 0) is 67.6 Å². The number of fused-ring (bicyclic) bond motifs is 4. The molecular weight excluding hydrogens is 597 g/mol. The van der Waals surface area contributed by atoms with E-state index in [1.807, 2.05) is 31.2 Å². The molecule has 1 aliphatic heterocycles. The van der Waals surface area contributed by atoms with Crippen molar-refractivity contribution in [2.24, 2.45) is 4.76 Å². The molecule has 1 unspecified atom stereocenters. The van der Waals surface area contributed by atoms with Crippen molar-refractivity contribution in [3.05, 3.63) is 151 Å². The SMILES string of the molecule is CCOc1ccccc1-c1nc2c(Nc3ccccc3C(=N[PH3+])c3cccc4c3[NH2+]c3ccccc3-4)cccc2n1-c1ccccc1. The van der Waals surface area contributed by atoms with Crippen LogP contribution in [0.4, 0.5) is 22.7 Å². The predicted octanol–water partition coefficient (Wildman–Crippen LogP) is 8.70. The molecule has 0 bridgehead atoms. The number of nitrogens with zero attached hydrogens (tertiary/aromatic N) is 3. The maximum absolute atomic E-state index is 6.07. The number of aromatic nitrogens is 2. The lowest BCUT2D eigenvalue weighted by atomic mass is 9.96. The van der Waals surface area contributed by atoms with Crippen LogP contribution in [0.1, 0.15) is 18.1 Å². The Morgan fingerprint density at radius 1 is 0.723 bits per heavy atom. The lowest BCUT2D eigenvalue weighted by Crippen LogP contribution is -2.70. The summed E-state index contributed by atoms with van der Waals surface area (Å²) in [6, 6.07) is 48.2. The molecule has 1 atom stereocenters. The molecule has 6 nitrogen and oxygen atoms in total. The highest BCUT2D eigenvalue weighted by atomic mass is 31.0. The first kappa shape index (κ1) is 28.9. The molecule has 0 spiro atoms. The number of para-hydroxylation sites is 6. The largest absolute Gasteiger partial charge is 0.493 e. The van der Waals surface area contributed by atoms with Gasteiger partial charge in [-0.3, -0.25) is 9.88 Å². The number of hydrogen-bond donors (Lipinski definition) is 2. The highest BCUT2D eigenvalue weighted by Crippen LogP contribution is 2.40. The van der Waals surface area contributed by atoms with Gasteiger partial charge >= 0.3 is 0 Å². The molecule has 0 saturated carbocycles. The fraction of sp³-hybridized carbons (Fsp3) is 0.0500. The van der Waals surface area contributed by atoms with Gasteiger partial charge in [0.1, 0.15) is 28.5 Å². The van der Waals surface area contributed by atoms with Crippen LogP contribution in [0.15, 0.2) is 144 Å². The number of hydrogen-bond acceptors (Lipinski definition) is 4. The zero-order valence-corrected chi connectivity index (χ0v) is 27.4. The Labute approximate surface area is 276 Å². The van der Waals surface area contributed by atoms with Crippen molar-refractivity contribution >= 4 is 48.9 Å². The Bertz CT molecular complexity index is 2290. The lowest BCUT2D eigenvalue weighted by Gasteiger charge is -2.15. The standard InChI is InChI=1S/C40H32N5OP/c1-2-46-36-25-11-8-18-30(36)40-43-39-34(23-13-24-35(39)45(40)26-14-4-3-5-15-26)41-33-22-10-7-17-29(33)38(44-47)31-20-12-19-28-27-16-6-9-21-32(27)42-37(28)31/h3-25,41-42H,2,47H2,1H3/p+2. The Hall–Kier alpha value is -5.55. The fourth-order valence-corrected chi connectivity index (χ4v) is 6.94. The lowest BCUT2D eigenvalue weighted by molar-refractivity contribution is -0.473. The maximum Gasteiger partial charge on any atom is 0.152 e. The van der Waals surface area contributed by atoms with Crippen molar-refractivity contribution in [1.29, 1.82) is 0 Å². The molecule has 0 amide bonds. The first-order valence-electron chi connectivity index (χ1n) is 15.8. The third-order valence-electron chi connectivity index (χ3n) is 8.65. The van der Waals surface area contributed by atoms with Gasteiger partial charge in [-0.15, -0.1) is 4.76 Å². The molecule has 0 aliphatic carbocycles. The monoisotopic (exact) mass is 631 g/mol. The van der Waals surface area contributed by atoms with E-state index in [-0.39, 0.29) is 0 Å². The minimum atomic E-state index is 0.572. The topological polar surface area (TPSA) is 68.0 Å². The van der Waals surface area contributed by atoms with E-state index in [2.05, 4.69) is 130 Å². The molecule has 1 aliphatic rings. The Morgan fingerprint density at radius 2 is 1.40 bits per heavy atom. The smallest absolute Gasteiger partial charge is 0.152 e. The number of rotatable bonds is 8. The summed E-state index contributed by atoms with van der Waals surface area (Å²) in [6.07, 6.45) is 0. The van der Waals surface area contributed by atoms with Gasteiger partial charge in [-0.2, -0.15) is 0 Å². The Kier molecular flexibility index (Phi) is 7.58. The molecule has 0 saturated heterocycles. The summed E-state index contributed by atoms with van der Waals surface area (Å²) >= 11 is 0. The van der Waals surface area contributed by atoms with Crippen LogP contribution < -0.4 is 15.4 Å². The van der Waals surface area contributed by atoms with Crippen molar-refractivity contribution in [3.63, 3.8) is 0 Å². The van der Waals surface area contributed by atoms with Crippen LogP contribution in [0.2, 0.25) is 0 Å². The fourth-order valence-electron chi connectivity index (χ4n) is 6.60. The van der Waals surface area contributed by atoms with Gasteiger partial charge in [-0.1, -0.05) is 72.8 Å². The Balaban J connectivity index is 1.25. The van der Waals surface area contributed by atoms with Gasteiger partial charge in [0.25, 0.3) is 0 Å². The molecule has 8 rings (SSSR count). The molecule has 6 aromatic carbocycles.